The number of nitro groups is 1. The van der Waals surface area contributed by atoms with Gasteiger partial charge in [0.2, 0.25) is 11.8 Å². The molecule has 1 aliphatic heterocycles. The van der Waals surface area contributed by atoms with Crippen LogP contribution in [0.1, 0.15) is 25.3 Å². The zero-order valence-corrected chi connectivity index (χ0v) is 11.7. The van der Waals surface area contributed by atoms with Crippen molar-refractivity contribution in [2.45, 2.75) is 32.4 Å². The van der Waals surface area contributed by atoms with Gasteiger partial charge in [-0.05, 0) is 12.0 Å². The topological polar surface area (TPSA) is 92.6 Å². The number of hydrogen-bond acceptors (Lipinski definition) is 5. The van der Waals surface area contributed by atoms with Crippen LogP contribution in [0.15, 0.2) is 24.3 Å². The van der Waals surface area contributed by atoms with Crippen LogP contribution >= 0.6 is 0 Å². The molecule has 0 aromatic heterocycles. The summed E-state index contributed by atoms with van der Waals surface area (Å²) < 4.78 is 0. The second kappa shape index (κ2) is 6.45. The number of nitro benzene ring substituents is 1. The van der Waals surface area contributed by atoms with Gasteiger partial charge in [-0.1, -0.05) is 19.1 Å². The molecule has 112 valence electrons. The minimum atomic E-state index is -0.501. The van der Waals surface area contributed by atoms with Gasteiger partial charge in [-0.2, -0.15) is 0 Å². The summed E-state index contributed by atoms with van der Waals surface area (Å²) in [6.45, 7) is 2.76. The molecule has 21 heavy (non-hydrogen) atoms. The van der Waals surface area contributed by atoms with E-state index >= 15 is 0 Å². The van der Waals surface area contributed by atoms with Crippen molar-refractivity contribution in [1.29, 1.82) is 0 Å². The highest BCUT2D eigenvalue weighted by Gasteiger charge is 2.37. The molecule has 2 amide bonds. The Morgan fingerprint density at radius 3 is 2.57 bits per heavy atom. The molecular weight excluding hydrogens is 274 g/mol. The predicted molar refractivity (Wildman–Crippen MR) is 75.4 cm³/mol. The Morgan fingerprint density at radius 2 is 2.00 bits per heavy atom. The molecular formula is C14H17N3O4. The number of rotatable bonds is 6. The van der Waals surface area contributed by atoms with E-state index in [1.54, 1.807) is 12.1 Å². The molecule has 2 rings (SSSR count). The third-order valence-corrected chi connectivity index (χ3v) is 3.39. The molecule has 1 aromatic rings. The molecule has 1 N–H and O–H groups in total. The maximum atomic E-state index is 12.0. The van der Waals surface area contributed by atoms with Crippen LogP contribution in [0.4, 0.5) is 5.69 Å². The van der Waals surface area contributed by atoms with Gasteiger partial charge in [0.25, 0.3) is 5.69 Å². The number of non-ortho nitro benzene ring substituents is 1. The van der Waals surface area contributed by atoms with E-state index in [9.17, 15) is 19.7 Å². The Balaban J connectivity index is 1.93. The van der Waals surface area contributed by atoms with Crippen molar-refractivity contribution in [1.82, 2.24) is 10.2 Å². The number of carbonyl (C=O) groups is 2. The van der Waals surface area contributed by atoms with Gasteiger partial charge in [0.05, 0.1) is 17.4 Å². The highest BCUT2D eigenvalue weighted by atomic mass is 16.6. The maximum absolute atomic E-state index is 12.0. The predicted octanol–water partition coefficient (Wildman–Crippen LogP) is 1.22. The summed E-state index contributed by atoms with van der Waals surface area (Å²) in [5.41, 5.74) is 0.856. The third kappa shape index (κ3) is 3.43. The van der Waals surface area contributed by atoms with E-state index < -0.39 is 11.0 Å². The Morgan fingerprint density at radius 1 is 1.33 bits per heavy atom. The zero-order chi connectivity index (χ0) is 15.4. The molecule has 0 radical (unpaired) electrons. The second-order valence-corrected chi connectivity index (χ2v) is 4.94. The summed E-state index contributed by atoms with van der Waals surface area (Å²) in [7, 11) is 0. The average Bonchev–Trinajstić information content (AvgIpc) is 2.73. The van der Waals surface area contributed by atoms with E-state index in [2.05, 4.69) is 5.32 Å². The van der Waals surface area contributed by atoms with Gasteiger partial charge in [-0.25, -0.2) is 0 Å². The number of hydrogen-bond donors (Lipinski definition) is 1. The highest BCUT2D eigenvalue weighted by molar-refractivity contribution is 6.05. The summed E-state index contributed by atoms with van der Waals surface area (Å²) >= 11 is 0. The summed E-state index contributed by atoms with van der Waals surface area (Å²) in [6.07, 6.45) is 0.915. The fourth-order valence-corrected chi connectivity index (χ4v) is 2.28. The maximum Gasteiger partial charge on any atom is 0.269 e. The Kier molecular flexibility index (Phi) is 4.64. The quantitative estimate of drug-likeness (QED) is 0.483. The van der Waals surface area contributed by atoms with Crippen LogP contribution in [0.3, 0.4) is 0 Å². The molecule has 1 aliphatic rings. The van der Waals surface area contributed by atoms with Crippen molar-refractivity contribution in [3.8, 4) is 0 Å². The van der Waals surface area contributed by atoms with Gasteiger partial charge in [-0.3, -0.25) is 24.6 Å². The first-order valence-corrected chi connectivity index (χ1v) is 6.84. The number of benzene rings is 1. The monoisotopic (exact) mass is 291 g/mol. The number of amides is 2. The first kappa shape index (κ1) is 15.1. The van der Waals surface area contributed by atoms with Crippen LogP contribution in [0.25, 0.3) is 0 Å². The molecule has 1 saturated heterocycles. The lowest BCUT2D eigenvalue weighted by atomic mass is 10.2. The number of nitrogens with zero attached hydrogens (tertiary/aromatic N) is 2. The normalized spacial score (nSPS) is 18.3. The standard InChI is InChI=1S/C14H17N3O4/c1-2-7-16-13(18)8-12(14(16)19)15-9-10-3-5-11(6-4-10)17(20)21/h3-6,12,15H,2,7-9H2,1H3. The summed E-state index contributed by atoms with van der Waals surface area (Å²) in [5, 5.41) is 13.6. The zero-order valence-electron chi connectivity index (χ0n) is 11.7. The molecule has 0 bridgehead atoms. The van der Waals surface area contributed by atoms with E-state index in [1.165, 1.54) is 17.0 Å². The average molecular weight is 291 g/mol. The fourth-order valence-electron chi connectivity index (χ4n) is 2.28. The first-order valence-electron chi connectivity index (χ1n) is 6.84. The minimum Gasteiger partial charge on any atom is -0.301 e. The van der Waals surface area contributed by atoms with Crippen LogP contribution in [0.5, 0.6) is 0 Å². The molecule has 1 fully saturated rings. The van der Waals surface area contributed by atoms with Gasteiger partial charge < -0.3 is 5.32 Å². The van der Waals surface area contributed by atoms with E-state index in [0.29, 0.717) is 13.1 Å². The van der Waals surface area contributed by atoms with Crippen molar-refractivity contribution >= 4 is 17.5 Å². The fraction of sp³-hybridized carbons (Fsp3) is 0.429. The molecule has 7 heteroatoms. The lowest BCUT2D eigenvalue weighted by Crippen LogP contribution is -2.38. The summed E-state index contributed by atoms with van der Waals surface area (Å²) in [5.74, 6) is -0.341. The second-order valence-electron chi connectivity index (χ2n) is 4.94. The van der Waals surface area contributed by atoms with Crippen LogP contribution in [-0.4, -0.2) is 34.2 Å². The molecule has 7 nitrogen and oxygen atoms in total. The smallest absolute Gasteiger partial charge is 0.269 e. The van der Waals surface area contributed by atoms with Crippen molar-refractivity contribution in [3.63, 3.8) is 0 Å². The SMILES string of the molecule is CCCN1C(=O)CC(NCc2ccc([N+](=O)[O-])cc2)C1=O. The Labute approximate surface area is 122 Å². The molecule has 0 spiro atoms. The van der Waals surface area contributed by atoms with Crippen molar-refractivity contribution in [2.75, 3.05) is 6.54 Å². The van der Waals surface area contributed by atoms with Crippen LogP contribution < -0.4 is 5.32 Å². The largest absolute Gasteiger partial charge is 0.301 e. The van der Waals surface area contributed by atoms with E-state index in [-0.39, 0.29) is 23.9 Å². The molecule has 0 aliphatic carbocycles. The first-order chi connectivity index (χ1) is 10.0. The number of imide groups is 1. The molecule has 1 unspecified atom stereocenters. The van der Waals surface area contributed by atoms with Crippen LogP contribution in [0.2, 0.25) is 0 Å². The Hall–Kier alpha value is -2.28. The van der Waals surface area contributed by atoms with Gasteiger partial charge in [-0.15, -0.1) is 0 Å². The lowest BCUT2D eigenvalue weighted by Gasteiger charge is -2.14. The van der Waals surface area contributed by atoms with Crippen molar-refractivity contribution < 1.29 is 14.5 Å². The number of carbonyl (C=O) groups excluding carboxylic acids is 2. The molecule has 1 heterocycles. The lowest BCUT2D eigenvalue weighted by molar-refractivity contribution is -0.384. The number of nitrogens with one attached hydrogen (secondary N) is 1. The van der Waals surface area contributed by atoms with Gasteiger partial charge in [0.1, 0.15) is 0 Å². The minimum absolute atomic E-state index is 0.0278. The van der Waals surface area contributed by atoms with Gasteiger partial charge in [0, 0.05) is 25.2 Å². The molecule has 0 saturated carbocycles. The number of likely N-dealkylation sites (tertiary alicyclic amines) is 1. The van der Waals surface area contributed by atoms with Gasteiger partial charge >= 0.3 is 0 Å². The van der Waals surface area contributed by atoms with E-state index in [1.807, 2.05) is 6.92 Å². The Bertz CT molecular complexity index is 556. The van der Waals surface area contributed by atoms with E-state index in [0.717, 1.165) is 12.0 Å². The molecule has 1 atom stereocenters. The van der Waals surface area contributed by atoms with Crippen molar-refractivity contribution in [3.05, 3.63) is 39.9 Å². The van der Waals surface area contributed by atoms with Gasteiger partial charge in [0.15, 0.2) is 0 Å². The molecule has 1 aromatic carbocycles. The van der Waals surface area contributed by atoms with Crippen molar-refractivity contribution in [2.24, 2.45) is 0 Å². The van der Waals surface area contributed by atoms with Crippen LogP contribution in [0, 0.1) is 10.1 Å². The van der Waals surface area contributed by atoms with E-state index in [4.69, 9.17) is 0 Å². The summed E-state index contributed by atoms with van der Waals surface area (Å²) in [4.78, 5) is 35.1. The third-order valence-electron chi connectivity index (χ3n) is 3.39. The highest BCUT2D eigenvalue weighted by Crippen LogP contribution is 2.15. The van der Waals surface area contributed by atoms with Crippen LogP contribution in [-0.2, 0) is 16.1 Å². The summed E-state index contributed by atoms with van der Waals surface area (Å²) in [6, 6.07) is 5.61.